The van der Waals surface area contributed by atoms with Crippen molar-refractivity contribution in [3.8, 4) is 0 Å². The standard InChI is InChI=1S/C12H13FN2O2/c13-10-3-1-2-9(6-10)12(16)8-14-7-11-4-5-17-15-11/h1-6,12,14,16H,7-8H2. The highest BCUT2D eigenvalue weighted by atomic mass is 19.1. The zero-order chi connectivity index (χ0) is 12.1. The molecule has 4 nitrogen and oxygen atoms in total. The molecule has 1 aromatic carbocycles. The molecular formula is C12H13FN2O2. The molecule has 2 rings (SSSR count). The number of halogens is 1. The van der Waals surface area contributed by atoms with Crippen LogP contribution in [0.2, 0.25) is 0 Å². The SMILES string of the molecule is OC(CNCc1ccon1)c1cccc(F)c1. The van der Waals surface area contributed by atoms with Gasteiger partial charge in [0, 0.05) is 19.2 Å². The number of nitrogens with zero attached hydrogens (tertiary/aromatic N) is 1. The van der Waals surface area contributed by atoms with E-state index in [2.05, 4.69) is 15.0 Å². The molecule has 2 aromatic rings. The summed E-state index contributed by atoms with van der Waals surface area (Å²) >= 11 is 0. The van der Waals surface area contributed by atoms with E-state index in [1.54, 1.807) is 18.2 Å². The molecule has 0 saturated carbocycles. The van der Waals surface area contributed by atoms with E-state index in [0.29, 0.717) is 18.7 Å². The van der Waals surface area contributed by atoms with Gasteiger partial charge < -0.3 is 14.9 Å². The highest BCUT2D eigenvalue weighted by Gasteiger charge is 2.07. The minimum absolute atomic E-state index is 0.330. The summed E-state index contributed by atoms with van der Waals surface area (Å²) in [6.45, 7) is 0.833. The molecular weight excluding hydrogens is 223 g/mol. The molecule has 0 aliphatic heterocycles. The molecule has 1 atom stereocenters. The Morgan fingerprint density at radius 3 is 3.00 bits per heavy atom. The monoisotopic (exact) mass is 236 g/mol. The summed E-state index contributed by atoms with van der Waals surface area (Å²) in [6, 6.07) is 7.67. The second kappa shape index (κ2) is 5.56. The number of hydrogen-bond donors (Lipinski definition) is 2. The Morgan fingerprint density at radius 1 is 1.41 bits per heavy atom. The molecule has 0 spiro atoms. The molecule has 0 radical (unpaired) electrons. The Bertz CT molecular complexity index is 459. The lowest BCUT2D eigenvalue weighted by atomic mass is 10.1. The van der Waals surface area contributed by atoms with Crippen molar-refractivity contribution in [1.82, 2.24) is 10.5 Å². The smallest absolute Gasteiger partial charge is 0.124 e. The summed E-state index contributed by atoms with van der Waals surface area (Å²) in [7, 11) is 0. The number of hydrogen-bond acceptors (Lipinski definition) is 4. The average Bonchev–Trinajstić information content (AvgIpc) is 2.82. The number of nitrogens with one attached hydrogen (secondary N) is 1. The van der Waals surface area contributed by atoms with Crippen LogP contribution in [-0.4, -0.2) is 16.8 Å². The molecule has 90 valence electrons. The molecule has 0 amide bonds. The molecule has 1 aromatic heterocycles. The van der Waals surface area contributed by atoms with Gasteiger partial charge in [0.05, 0.1) is 11.8 Å². The summed E-state index contributed by atoms with van der Waals surface area (Å²) < 4.78 is 17.6. The van der Waals surface area contributed by atoms with E-state index in [0.717, 1.165) is 5.69 Å². The van der Waals surface area contributed by atoms with Crippen molar-refractivity contribution in [3.05, 3.63) is 53.7 Å². The van der Waals surface area contributed by atoms with Crippen LogP contribution in [0.1, 0.15) is 17.4 Å². The second-order valence-electron chi connectivity index (χ2n) is 3.69. The van der Waals surface area contributed by atoms with Gasteiger partial charge in [0.15, 0.2) is 0 Å². The van der Waals surface area contributed by atoms with Gasteiger partial charge in [0.1, 0.15) is 12.1 Å². The van der Waals surface area contributed by atoms with Crippen LogP contribution in [0, 0.1) is 5.82 Å². The number of benzene rings is 1. The van der Waals surface area contributed by atoms with Crippen molar-refractivity contribution >= 4 is 0 Å². The zero-order valence-electron chi connectivity index (χ0n) is 9.14. The van der Waals surface area contributed by atoms with Crippen LogP contribution in [0.5, 0.6) is 0 Å². The molecule has 0 fully saturated rings. The predicted molar refractivity (Wildman–Crippen MR) is 59.6 cm³/mol. The maximum Gasteiger partial charge on any atom is 0.124 e. The zero-order valence-corrected chi connectivity index (χ0v) is 9.14. The molecule has 0 saturated heterocycles. The lowest BCUT2D eigenvalue weighted by Gasteiger charge is -2.11. The third kappa shape index (κ3) is 3.37. The van der Waals surface area contributed by atoms with Gasteiger partial charge in [-0.3, -0.25) is 0 Å². The van der Waals surface area contributed by atoms with Gasteiger partial charge in [-0.05, 0) is 17.7 Å². The van der Waals surface area contributed by atoms with E-state index in [-0.39, 0.29) is 5.82 Å². The molecule has 1 heterocycles. The number of aromatic nitrogens is 1. The van der Waals surface area contributed by atoms with E-state index in [1.807, 2.05) is 0 Å². The largest absolute Gasteiger partial charge is 0.387 e. The van der Waals surface area contributed by atoms with Crippen LogP contribution < -0.4 is 5.32 Å². The Morgan fingerprint density at radius 2 is 2.29 bits per heavy atom. The Labute approximate surface area is 98.1 Å². The van der Waals surface area contributed by atoms with Gasteiger partial charge in [-0.25, -0.2) is 4.39 Å². The van der Waals surface area contributed by atoms with Gasteiger partial charge in [-0.15, -0.1) is 0 Å². The summed E-state index contributed by atoms with van der Waals surface area (Å²) in [5.41, 5.74) is 1.31. The Kier molecular flexibility index (Phi) is 3.85. The fraction of sp³-hybridized carbons (Fsp3) is 0.250. The van der Waals surface area contributed by atoms with Gasteiger partial charge >= 0.3 is 0 Å². The highest BCUT2D eigenvalue weighted by molar-refractivity contribution is 5.18. The van der Waals surface area contributed by atoms with Crippen LogP contribution in [0.3, 0.4) is 0 Å². The van der Waals surface area contributed by atoms with Gasteiger partial charge in [-0.2, -0.15) is 0 Å². The minimum atomic E-state index is -0.738. The van der Waals surface area contributed by atoms with E-state index < -0.39 is 6.10 Å². The molecule has 17 heavy (non-hydrogen) atoms. The number of aliphatic hydroxyl groups excluding tert-OH is 1. The van der Waals surface area contributed by atoms with Gasteiger partial charge in [0.2, 0.25) is 0 Å². The van der Waals surface area contributed by atoms with Crippen molar-refractivity contribution in [2.75, 3.05) is 6.54 Å². The van der Waals surface area contributed by atoms with Gasteiger partial charge in [0.25, 0.3) is 0 Å². The summed E-state index contributed by atoms with van der Waals surface area (Å²) in [5.74, 6) is -0.349. The third-order valence-corrected chi connectivity index (χ3v) is 2.37. The lowest BCUT2D eigenvalue weighted by Crippen LogP contribution is -2.21. The van der Waals surface area contributed by atoms with Crippen molar-refractivity contribution in [2.24, 2.45) is 0 Å². The van der Waals surface area contributed by atoms with Crippen LogP contribution in [0.4, 0.5) is 4.39 Å². The fourth-order valence-corrected chi connectivity index (χ4v) is 1.50. The van der Waals surface area contributed by atoms with Gasteiger partial charge in [-0.1, -0.05) is 17.3 Å². The molecule has 0 aliphatic rings. The van der Waals surface area contributed by atoms with Crippen molar-refractivity contribution in [2.45, 2.75) is 12.6 Å². The molecule has 0 bridgehead atoms. The topological polar surface area (TPSA) is 58.3 Å². The first-order chi connectivity index (χ1) is 8.25. The quantitative estimate of drug-likeness (QED) is 0.828. The number of rotatable bonds is 5. The first-order valence-corrected chi connectivity index (χ1v) is 5.29. The van der Waals surface area contributed by atoms with E-state index in [4.69, 9.17) is 0 Å². The van der Waals surface area contributed by atoms with Crippen LogP contribution in [0.15, 0.2) is 41.1 Å². The van der Waals surface area contributed by atoms with Crippen molar-refractivity contribution in [1.29, 1.82) is 0 Å². The molecule has 1 unspecified atom stereocenters. The van der Waals surface area contributed by atoms with Crippen molar-refractivity contribution in [3.63, 3.8) is 0 Å². The average molecular weight is 236 g/mol. The van der Waals surface area contributed by atoms with Crippen molar-refractivity contribution < 1.29 is 14.0 Å². The predicted octanol–water partition coefficient (Wildman–Crippen LogP) is 1.64. The maximum absolute atomic E-state index is 12.9. The first kappa shape index (κ1) is 11.8. The second-order valence-corrected chi connectivity index (χ2v) is 3.69. The van der Waals surface area contributed by atoms with E-state index >= 15 is 0 Å². The third-order valence-electron chi connectivity index (χ3n) is 2.37. The fourth-order valence-electron chi connectivity index (χ4n) is 1.50. The first-order valence-electron chi connectivity index (χ1n) is 5.29. The number of aliphatic hydroxyl groups is 1. The summed E-state index contributed by atoms with van der Waals surface area (Å²) in [6.07, 6.45) is 0.748. The maximum atomic E-state index is 12.9. The summed E-state index contributed by atoms with van der Waals surface area (Å²) in [5, 5.41) is 16.5. The van der Waals surface area contributed by atoms with E-state index in [1.165, 1.54) is 18.4 Å². The van der Waals surface area contributed by atoms with E-state index in [9.17, 15) is 9.50 Å². The lowest BCUT2D eigenvalue weighted by molar-refractivity contribution is 0.173. The van der Waals surface area contributed by atoms with Crippen LogP contribution >= 0.6 is 0 Å². The minimum Gasteiger partial charge on any atom is -0.387 e. The highest BCUT2D eigenvalue weighted by Crippen LogP contribution is 2.13. The molecule has 2 N–H and O–H groups in total. The molecule has 5 heteroatoms. The van der Waals surface area contributed by atoms with Crippen LogP contribution in [0.25, 0.3) is 0 Å². The Hall–Kier alpha value is -1.72. The molecule has 0 aliphatic carbocycles. The Balaban J connectivity index is 1.83. The van der Waals surface area contributed by atoms with Crippen LogP contribution in [-0.2, 0) is 6.54 Å². The summed E-state index contributed by atoms with van der Waals surface area (Å²) in [4.78, 5) is 0. The normalized spacial score (nSPS) is 12.6.